The minimum absolute atomic E-state index is 0.110. The van der Waals surface area contributed by atoms with Gasteiger partial charge >= 0.3 is 0 Å². The summed E-state index contributed by atoms with van der Waals surface area (Å²) in [6.07, 6.45) is 0. The summed E-state index contributed by atoms with van der Waals surface area (Å²) in [7, 11) is -0.676. The molecule has 29 heavy (non-hydrogen) atoms. The van der Waals surface area contributed by atoms with Gasteiger partial charge in [-0.15, -0.1) is 0 Å². The lowest BCUT2D eigenvalue weighted by Crippen LogP contribution is -2.17. The van der Waals surface area contributed by atoms with Crippen LogP contribution in [0.2, 0.25) is 0 Å². The number of benzene rings is 2. The maximum absolute atomic E-state index is 13.1. The summed E-state index contributed by atoms with van der Waals surface area (Å²) in [6, 6.07) is 10.2. The predicted octanol–water partition coefficient (Wildman–Crippen LogP) is 3.77. The predicted molar refractivity (Wildman–Crippen MR) is 114 cm³/mol. The number of aromatic amines is 1. The lowest BCUT2D eigenvalue weighted by atomic mass is 10.0. The normalized spacial score (nSPS) is 11.7. The Hall–Kier alpha value is -3.00. The number of aromatic nitrogens is 1. The van der Waals surface area contributed by atoms with Crippen molar-refractivity contribution in [3.8, 4) is 5.75 Å². The second-order valence-corrected chi connectivity index (χ2v) is 8.83. The van der Waals surface area contributed by atoms with Crippen LogP contribution in [0.15, 0.2) is 41.3 Å². The Morgan fingerprint density at radius 3 is 2.48 bits per heavy atom. The highest BCUT2D eigenvalue weighted by Gasteiger charge is 2.21. The van der Waals surface area contributed by atoms with Crippen LogP contribution in [0.1, 0.15) is 41.4 Å². The summed E-state index contributed by atoms with van der Waals surface area (Å²) >= 11 is 0. The van der Waals surface area contributed by atoms with E-state index in [4.69, 9.17) is 4.74 Å². The first kappa shape index (κ1) is 20.7. The zero-order valence-corrected chi connectivity index (χ0v) is 17.9. The number of rotatable bonds is 6. The van der Waals surface area contributed by atoms with Crippen molar-refractivity contribution in [2.45, 2.75) is 31.6 Å². The number of H-pyrrole nitrogens is 1. The van der Waals surface area contributed by atoms with E-state index in [1.54, 1.807) is 57.5 Å². The van der Waals surface area contributed by atoms with E-state index in [-0.39, 0.29) is 16.7 Å². The van der Waals surface area contributed by atoms with Gasteiger partial charge in [0.1, 0.15) is 11.4 Å². The number of hydrogen-bond acceptors (Lipinski definition) is 4. The number of amides is 1. The number of nitrogens with one attached hydrogen (secondary N) is 3. The molecule has 7 nitrogen and oxygen atoms in total. The lowest BCUT2D eigenvalue weighted by molar-refractivity contribution is 0.0959. The van der Waals surface area contributed by atoms with Gasteiger partial charge in [-0.25, -0.2) is 8.42 Å². The number of aryl methyl sites for hydroxylation is 1. The fraction of sp³-hybridized carbons (Fsp3) is 0.286. The second kappa shape index (κ2) is 7.79. The topological polar surface area (TPSA) is 100 Å². The molecule has 1 amide bonds. The van der Waals surface area contributed by atoms with Gasteiger partial charge in [0, 0.05) is 23.6 Å². The number of methoxy groups -OCH3 is 1. The first-order valence-corrected chi connectivity index (χ1v) is 10.7. The molecule has 0 aliphatic rings. The fourth-order valence-electron chi connectivity index (χ4n) is 3.26. The number of carbonyl (C=O) groups is 1. The molecule has 0 spiro atoms. The maximum atomic E-state index is 13.1. The van der Waals surface area contributed by atoms with Crippen molar-refractivity contribution >= 4 is 32.5 Å². The van der Waals surface area contributed by atoms with Crippen LogP contribution in [-0.2, 0) is 10.0 Å². The van der Waals surface area contributed by atoms with Crippen molar-refractivity contribution in [3.05, 3.63) is 53.2 Å². The van der Waals surface area contributed by atoms with Crippen LogP contribution in [0, 0.1) is 6.92 Å². The molecule has 0 saturated carbocycles. The highest BCUT2D eigenvalue weighted by Crippen LogP contribution is 2.32. The zero-order chi connectivity index (χ0) is 21.3. The van der Waals surface area contributed by atoms with Crippen molar-refractivity contribution < 1.29 is 17.9 Å². The molecule has 154 valence electrons. The Balaban J connectivity index is 1.99. The van der Waals surface area contributed by atoms with E-state index >= 15 is 0 Å². The van der Waals surface area contributed by atoms with Gasteiger partial charge in [-0.3, -0.25) is 9.52 Å². The van der Waals surface area contributed by atoms with Gasteiger partial charge in [0.15, 0.2) is 0 Å². The summed E-state index contributed by atoms with van der Waals surface area (Å²) in [4.78, 5) is 15.0. The van der Waals surface area contributed by atoms with E-state index in [2.05, 4.69) is 15.0 Å². The second-order valence-electron chi connectivity index (χ2n) is 7.18. The minimum atomic E-state index is -3.80. The van der Waals surface area contributed by atoms with Crippen molar-refractivity contribution in [2.24, 2.45) is 0 Å². The molecule has 0 radical (unpaired) electrons. The van der Waals surface area contributed by atoms with E-state index in [1.165, 1.54) is 0 Å². The van der Waals surface area contributed by atoms with Crippen LogP contribution < -0.4 is 14.8 Å². The number of sulfonamides is 1. The van der Waals surface area contributed by atoms with Crippen LogP contribution >= 0.6 is 0 Å². The smallest absolute Gasteiger partial charge is 0.267 e. The maximum Gasteiger partial charge on any atom is 0.267 e. The first-order valence-electron chi connectivity index (χ1n) is 9.22. The van der Waals surface area contributed by atoms with E-state index in [0.29, 0.717) is 22.7 Å². The molecule has 3 N–H and O–H groups in total. The molecule has 1 aromatic heterocycles. The third kappa shape index (κ3) is 4.07. The van der Waals surface area contributed by atoms with Crippen molar-refractivity contribution in [3.63, 3.8) is 0 Å². The van der Waals surface area contributed by atoms with Gasteiger partial charge < -0.3 is 15.0 Å². The highest BCUT2D eigenvalue weighted by molar-refractivity contribution is 7.92. The number of hydrogen-bond donors (Lipinski definition) is 3. The van der Waals surface area contributed by atoms with E-state index in [1.807, 2.05) is 13.8 Å². The van der Waals surface area contributed by atoms with E-state index < -0.39 is 10.0 Å². The average molecular weight is 416 g/mol. The summed E-state index contributed by atoms with van der Waals surface area (Å²) in [5.74, 6) is 0.546. The largest absolute Gasteiger partial charge is 0.496 e. The third-order valence-electron chi connectivity index (χ3n) is 4.78. The van der Waals surface area contributed by atoms with Crippen molar-refractivity contribution in [2.75, 3.05) is 18.9 Å². The first-order chi connectivity index (χ1) is 13.7. The number of anilines is 1. The minimum Gasteiger partial charge on any atom is -0.496 e. The molecule has 8 heteroatoms. The molecular weight excluding hydrogens is 390 g/mol. The summed E-state index contributed by atoms with van der Waals surface area (Å²) in [5, 5.41) is 3.29. The van der Waals surface area contributed by atoms with Crippen LogP contribution in [0.25, 0.3) is 10.9 Å². The average Bonchev–Trinajstić information content (AvgIpc) is 3.09. The molecular formula is C21H25N3O4S. The van der Waals surface area contributed by atoms with E-state index in [9.17, 15) is 13.2 Å². The molecule has 1 heterocycles. The Morgan fingerprint density at radius 1 is 1.14 bits per heavy atom. The molecule has 0 atom stereocenters. The van der Waals surface area contributed by atoms with Crippen molar-refractivity contribution in [1.29, 1.82) is 0 Å². The Labute approximate surface area is 170 Å². The Kier molecular flexibility index (Phi) is 5.57. The van der Waals surface area contributed by atoms with Crippen LogP contribution in [0.5, 0.6) is 5.75 Å². The Morgan fingerprint density at radius 2 is 1.86 bits per heavy atom. The molecule has 0 fully saturated rings. The molecule has 0 unspecified atom stereocenters. The highest BCUT2D eigenvalue weighted by atomic mass is 32.2. The van der Waals surface area contributed by atoms with Crippen LogP contribution in [0.4, 0.5) is 5.69 Å². The van der Waals surface area contributed by atoms with Gasteiger partial charge in [-0.05, 0) is 60.4 Å². The standard InChI is InChI=1S/C21H25N3O4S/c1-12(2)16-11-20(13(3)8-19(16)28-5)29(26,27)24-15-6-7-17-14(9-15)10-18(23-17)21(25)22-4/h6-12,23-24H,1-5H3,(H,22,25). The quantitative estimate of drug-likeness (QED) is 0.570. The molecule has 0 aliphatic heterocycles. The van der Waals surface area contributed by atoms with Crippen molar-refractivity contribution in [1.82, 2.24) is 10.3 Å². The number of ether oxygens (including phenoxy) is 1. The van der Waals surface area contributed by atoms with Gasteiger partial charge in [0.25, 0.3) is 15.9 Å². The lowest BCUT2D eigenvalue weighted by Gasteiger charge is -2.17. The number of fused-ring (bicyclic) bond motifs is 1. The molecule has 2 aromatic carbocycles. The van der Waals surface area contributed by atoms with Gasteiger partial charge in [-0.1, -0.05) is 13.8 Å². The van der Waals surface area contributed by atoms with Gasteiger partial charge in [-0.2, -0.15) is 0 Å². The molecule has 0 bridgehead atoms. The summed E-state index contributed by atoms with van der Waals surface area (Å²) in [5.41, 5.74) is 3.00. The van der Waals surface area contributed by atoms with Crippen LogP contribution in [0.3, 0.4) is 0 Å². The fourth-order valence-corrected chi connectivity index (χ4v) is 4.57. The molecule has 0 aliphatic carbocycles. The zero-order valence-electron chi connectivity index (χ0n) is 17.1. The third-order valence-corrected chi connectivity index (χ3v) is 6.31. The molecule has 0 saturated heterocycles. The monoisotopic (exact) mass is 415 g/mol. The molecule has 3 aromatic rings. The summed E-state index contributed by atoms with van der Waals surface area (Å²) in [6.45, 7) is 5.72. The SMILES string of the molecule is CNC(=O)c1cc2cc(NS(=O)(=O)c3cc(C(C)C)c(OC)cc3C)ccc2[nH]1. The number of carbonyl (C=O) groups excluding carboxylic acids is 1. The Bertz CT molecular complexity index is 1180. The summed E-state index contributed by atoms with van der Waals surface area (Å²) < 4.78 is 34.2. The molecule has 3 rings (SSSR count). The van der Waals surface area contributed by atoms with Crippen LogP contribution in [-0.4, -0.2) is 33.5 Å². The van der Waals surface area contributed by atoms with Gasteiger partial charge in [0.05, 0.1) is 12.0 Å². The van der Waals surface area contributed by atoms with E-state index in [0.717, 1.165) is 16.5 Å². The van der Waals surface area contributed by atoms with Gasteiger partial charge in [0.2, 0.25) is 0 Å².